The van der Waals surface area contributed by atoms with Gasteiger partial charge in [-0.2, -0.15) is 5.26 Å². The van der Waals surface area contributed by atoms with Gasteiger partial charge in [-0.25, -0.2) is 0 Å². The van der Waals surface area contributed by atoms with Gasteiger partial charge in [-0.05, 0) is 36.5 Å². The second-order valence-electron chi connectivity index (χ2n) is 4.22. The predicted octanol–water partition coefficient (Wildman–Crippen LogP) is 2.79. The molecule has 2 nitrogen and oxygen atoms in total. The van der Waals surface area contributed by atoms with Crippen molar-refractivity contribution in [3.63, 3.8) is 0 Å². The van der Waals surface area contributed by atoms with Crippen LogP contribution in [0.2, 0.25) is 0 Å². The number of nitriles is 1. The van der Waals surface area contributed by atoms with E-state index < -0.39 is 0 Å². The van der Waals surface area contributed by atoms with Crippen LogP contribution in [0.4, 0.5) is 0 Å². The Morgan fingerprint density at radius 2 is 2.12 bits per heavy atom. The lowest BCUT2D eigenvalue weighted by Crippen LogP contribution is -1.97. The van der Waals surface area contributed by atoms with Crippen molar-refractivity contribution in [3.05, 3.63) is 41.1 Å². The summed E-state index contributed by atoms with van der Waals surface area (Å²) in [6.07, 6.45) is 3.84. The molecule has 0 spiro atoms. The number of aryl methyl sites for hydroxylation is 1. The molecular formula is C14H12N2. The van der Waals surface area contributed by atoms with Crippen molar-refractivity contribution in [2.45, 2.75) is 25.7 Å². The van der Waals surface area contributed by atoms with Crippen molar-refractivity contribution >= 4 is 10.9 Å². The monoisotopic (exact) mass is 208 g/mol. The largest absolute Gasteiger partial charge is 0.253 e. The van der Waals surface area contributed by atoms with Gasteiger partial charge in [-0.3, -0.25) is 4.98 Å². The van der Waals surface area contributed by atoms with Crippen LogP contribution in [0.3, 0.4) is 0 Å². The molecule has 1 heterocycles. The van der Waals surface area contributed by atoms with Gasteiger partial charge in [0.1, 0.15) is 0 Å². The first-order valence-corrected chi connectivity index (χ1v) is 5.66. The summed E-state index contributed by atoms with van der Waals surface area (Å²) in [4.78, 5) is 4.69. The van der Waals surface area contributed by atoms with E-state index in [0.717, 1.165) is 23.7 Å². The standard InChI is InChI=1S/C14H12N2/c15-9-8-10-11-4-1-2-6-13(11)16-14-7-3-5-12(10)14/h1-2,4,6H,3,5,7-8H2. The molecule has 1 aromatic carbocycles. The highest BCUT2D eigenvalue weighted by molar-refractivity contribution is 5.84. The maximum atomic E-state index is 8.94. The fraction of sp³-hybridized carbons (Fsp3) is 0.286. The fourth-order valence-electron chi connectivity index (χ4n) is 2.59. The summed E-state index contributed by atoms with van der Waals surface area (Å²) in [6, 6.07) is 10.4. The molecular weight excluding hydrogens is 196 g/mol. The molecule has 3 rings (SSSR count). The first kappa shape index (κ1) is 9.35. The van der Waals surface area contributed by atoms with Gasteiger partial charge in [0, 0.05) is 11.1 Å². The minimum atomic E-state index is 0.505. The summed E-state index contributed by atoms with van der Waals surface area (Å²) in [5.74, 6) is 0. The molecule has 0 aliphatic heterocycles. The first-order chi connectivity index (χ1) is 7.90. The van der Waals surface area contributed by atoms with E-state index in [2.05, 4.69) is 17.1 Å². The van der Waals surface area contributed by atoms with Crippen molar-refractivity contribution in [1.82, 2.24) is 4.98 Å². The van der Waals surface area contributed by atoms with E-state index in [1.165, 1.54) is 23.2 Å². The highest BCUT2D eigenvalue weighted by Crippen LogP contribution is 2.29. The van der Waals surface area contributed by atoms with Gasteiger partial charge in [-0.15, -0.1) is 0 Å². The van der Waals surface area contributed by atoms with Gasteiger partial charge < -0.3 is 0 Å². The number of benzene rings is 1. The van der Waals surface area contributed by atoms with Crippen LogP contribution in [0.15, 0.2) is 24.3 Å². The highest BCUT2D eigenvalue weighted by atomic mass is 14.7. The molecule has 0 unspecified atom stereocenters. The Morgan fingerprint density at radius 3 is 3.00 bits per heavy atom. The van der Waals surface area contributed by atoms with Crippen LogP contribution in [0.1, 0.15) is 23.2 Å². The Kier molecular flexibility index (Phi) is 2.11. The number of nitrogens with zero attached hydrogens (tertiary/aromatic N) is 2. The summed E-state index contributed by atoms with van der Waals surface area (Å²) in [5.41, 5.74) is 4.79. The topological polar surface area (TPSA) is 36.7 Å². The quantitative estimate of drug-likeness (QED) is 0.722. The number of hydrogen-bond acceptors (Lipinski definition) is 2. The van der Waals surface area contributed by atoms with Gasteiger partial charge in [0.2, 0.25) is 0 Å². The number of rotatable bonds is 1. The molecule has 0 saturated carbocycles. The zero-order chi connectivity index (χ0) is 11.0. The lowest BCUT2D eigenvalue weighted by atomic mass is 9.99. The van der Waals surface area contributed by atoms with Gasteiger partial charge in [0.05, 0.1) is 18.0 Å². The summed E-state index contributed by atoms with van der Waals surface area (Å²) < 4.78 is 0. The lowest BCUT2D eigenvalue weighted by Gasteiger charge is -2.09. The molecule has 0 N–H and O–H groups in total. The normalized spacial score (nSPS) is 13.7. The Balaban J connectivity index is 2.37. The van der Waals surface area contributed by atoms with Crippen molar-refractivity contribution in [2.75, 3.05) is 0 Å². The number of para-hydroxylation sites is 1. The van der Waals surface area contributed by atoms with Gasteiger partial charge in [-0.1, -0.05) is 18.2 Å². The van der Waals surface area contributed by atoms with Crippen LogP contribution in [0.5, 0.6) is 0 Å². The molecule has 1 aliphatic rings. The highest BCUT2D eigenvalue weighted by Gasteiger charge is 2.18. The van der Waals surface area contributed by atoms with Crippen LogP contribution in [-0.2, 0) is 19.3 Å². The van der Waals surface area contributed by atoms with Crippen LogP contribution in [0.25, 0.3) is 10.9 Å². The molecule has 2 heteroatoms. The van der Waals surface area contributed by atoms with E-state index in [-0.39, 0.29) is 0 Å². The van der Waals surface area contributed by atoms with Crippen molar-refractivity contribution in [2.24, 2.45) is 0 Å². The zero-order valence-electron chi connectivity index (χ0n) is 9.03. The molecule has 2 aromatic rings. The molecule has 0 fully saturated rings. The summed E-state index contributed by atoms with van der Waals surface area (Å²) in [7, 11) is 0. The van der Waals surface area contributed by atoms with Gasteiger partial charge in [0.15, 0.2) is 0 Å². The van der Waals surface area contributed by atoms with Gasteiger partial charge in [0.25, 0.3) is 0 Å². The third-order valence-electron chi connectivity index (χ3n) is 3.29. The number of fused-ring (bicyclic) bond motifs is 2. The molecule has 1 aromatic heterocycles. The van der Waals surface area contributed by atoms with E-state index in [4.69, 9.17) is 5.26 Å². The Hall–Kier alpha value is -1.88. The van der Waals surface area contributed by atoms with Crippen LogP contribution in [0, 0.1) is 11.3 Å². The first-order valence-electron chi connectivity index (χ1n) is 5.66. The molecule has 0 saturated heterocycles. The molecule has 1 aliphatic carbocycles. The molecule has 0 amide bonds. The molecule has 0 radical (unpaired) electrons. The van der Waals surface area contributed by atoms with Gasteiger partial charge >= 0.3 is 0 Å². The van der Waals surface area contributed by atoms with E-state index in [0.29, 0.717) is 6.42 Å². The van der Waals surface area contributed by atoms with Crippen molar-refractivity contribution in [1.29, 1.82) is 5.26 Å². The Labute approximate surface area is 94.5 Å². The maximum absolute atomic E-state index is 8.94. The zero-order valence-corrected chi connectivity index (χ0v) is 9.03. The number of aromatic nitrogens is 1. The summed E-state index contributed by atoms with van der Waals surface area (Å²) in [5, 5.41) is 10.1. The lowest BCUT2D eigenvalue weighted by molar-refractivity contribution is 0.899. The van der Waals surface area contributed by atoms with Crippen molar-refractivity contribution in [3.8, 4) is 6.07 Å². The third kappa shape index (κ3) is 1.29. The Bertz CT molecular complexity index is 593. The number of hydrogen-bond donors (Lipinski definition) is 0. The second kappa shape index (κ2) is 3.61. The van der Waals surface area contributed by atoms with Crippen LogP contribution < -0.4 is 0 Å². The van der Waals surface area contributed by atoms with Crippen LogP contribution >= 0.6 is 0 Å². The molecule has 16 heavy (non-hydrogen) atoms. The average Bonchev–Trinajstić information content (AvgIpc) is 2.77. The minimum Gasteiger partial charge on any atom is -0.253 e. The smallest absolute Gasteiger partial charge is 0.0708 e. The fourth-order valence-corrected chi connectivity index (χ4v) is 2.59. The van der Waals surface area contributed by atoms with E-state index in [1.54, 1.807) is 0 Å². The van der Waals surface area contributed by atoms with E-state index >= 15 is 0 Å². The minimum absolute atomic E-state index is 0.505. The van der Waals surface area contributed by atoms with Crippen LogP contribution in [-0.4, -0.2) is 4.98 Å². The maximum Gasteiger partial charge on any atom is 0.0708 e. The SMILES string of the molecule is N#CCc1c2c(nc3ccccc13)CCC2. The Morgan fingerprint density at radius 1 is 1.25 bits per heavy atom. The van der Waals surface area contributed by atoms with Crippen molar-refractivity contribution < 1.29 is 0 Å². The summed E-state index contributed by atoms with van der Waals surface area (Å²) >= 11 is 0. The summed E-state index contributed by atoms with van der Waals surface area (Å²) in [6.45, 7) is 0. The number of pyridine rings is 1. The van der Waals surface area contributed by atoms with E-state index in [1.807, 2.05) is 18.2 Å². The molecule has 78 valence electrons. The molecule has 0 bridgehead atoms. The van der Waals surface area contributed by atoms with E-state index in [9.17, 15) is 0 Å². The predicted molar refractivity (Wildman–Crippen MR) is 63.1 cm³/mol. The average molecular weight is 208 g/mol. The third-order valence-corrected chi connectivity index (χ3v) is 3.29. The molecule has 0 atom stereocenters. The second-order valence-corrected chi connectivity index (χ2v) is 4.22.